The van der Waals surface area contributed by atoms with Crippen molar-refractivity contribution in [3.8, 4) is 5.75 Å². The van der Waals surface area contributed by atoms with Crippen LogP contribution in [0.3, 0.4) is 0 Å². The lowest BCUT2D eigenvalue weighted by Gasteiger charge is -2.27. The third kappa shape index (κ3) is 2.00. The van der Waals surface area contributed by atoms with Gasteiger partial charge in [-0.1, -0.05) is 12.1 Å². The van der Waals surface area contributed by atoms with Gasteiger partial charge in [-0.3, -0.25) is 4.79 Å². The largest absolute Gasteiger partial charge is 0.505 e. The Morgan fingerprint density at radius 2 is 2.11 bits per heavy atom. The summed E-state index contributed by atoms with van der Waals surface area (Å²) in [5.41, 5.74) is 7.41. The van der Waals surface area contributed by atoms with Crippen molar-refractivity contribution in [2.24, 2.45) is 23.5 Å². The molecule has 0 spiro atoms. The number of rotatable bonds is 2. The number of aromatic hydroxyl groups is 1. The van der Waals surface area contributed by atoms with Gasteiger partial charge >= 0.3 is 0 Å². The third-order valence-corrected chi connectivity index (χ3v) is 4.78. The molecular formula is C15H20N2O2. The molecule has 4 atom stereocenters. The highest BCUT2D eigenvalue weighted by Crippen LogP contribution is 2.48. The van der Waals surface area contributed by atoms with Crippen LogP contribution in [0.4, 0.5) is 5.69 Å². The number of para-hydroxylation sites is 1. The van der Waals surface area contributed by atoms with Crippen molar-refractivity contribution in [3.63, 3.8) is 0 Å². The molecule has 4 heteroatoms. The molecule has 1 aromatic rings. The van der Waals surface area contributed by atoms with Crippen LogP contribution < -0.4 is 11.1 Å². The van der Waals surface area contributed by atoms with Gasteiger partial charge in [0.1, 0.15) is 5.75 Å². The second-order valence-corrected chi connectivity index (χ2v) is 5.90. The molecule has 1 aromatic carbocycles. The molecule has 0 aliphatic heterocycles. The maximum atomic E-state index is 12.4. The van der Waals surface area contributed by atoms with Crippen molar-refractivity contribution < 1.29 is 9.90 Å². The maximum absolute atomic E-state index is 12.4. The number of hydrogen-bond donors (Lipinski definition) is 3. The van der Waals surface area contributed by atoms with Gasteiger partial charge in [0.25, 0.3) is 0 Å². The van der Waals surface area contributed by atoms with E-state index in [-0.39, 0.29) is 23.6 Å². The maximum Gasteiger partial charge on any atom is 0.229 e. The summed E-state index contributed by atoms with van der Waals surface area (Å²) in [6.45, 7) is 1.81. The Hall–Kier alpha value is -1.55. The van der Waals surface area contributed by atoms with Crippen molar-refractivity contribution >= 4 is 11.6 Å². The lowest BCUT2D eigenvalue weighted by atomic mass is 9.84. The van der Waals surface area contributed by atoms with E-state index < -0.39 is 0 Å². The van der Waals surface area contributed by atoms with E-state index in [1.807, 2.05) is 19.1 Å². The van der Waals surface area contributed by atoms with E-state index in [1.54, 1.807) is 6.07 Å². The highest BCUT2D eigenvalue weighted by Gasteiger charge is 2.49. The third-order valence-electron chi connectivity index (χ3n) is 4.78. The van der Waals surface area contributed by atoms with Crippen LogP contribution in [0.25, 0.3) is 0 Å². The van der Waals surface area contributed by atoms with E-state index in [0.717, 1.165) is 24.8 Å². The number of nitrogens with one attached hydrogen (secondary N) is 1. The molecule has 2 aliphatic rings. The lowest BCUT2D eigenvalue weighted by Crippen LogP contribution is -2.42. The molecule has 4 unspecified atom stereocenters. The quantitative estimate of drug-likeness (QED) is 0.712. The normalized spacial score (nSPS) is 32.5. The van der Waals surface area contributed by atoms with Crippen molar-refractivity contribution in [2.75, 3.05) is 5.32 Å². The number of amides is 1. The summed E-state index contributed by atoms with van der Waals surface area (Å²) in [5.74, 6) is 0.936. The molecule has 2 aliphatic carbocycles. The van der Waals surface area contributed by atoms with Crippen LogP contribution >= 0.6 is 0 Å². The van der Waals surface area contributed by atoms with Crippen molar-refractivity contribution in [2.45, 2.75) is 32.2 Å². The second-order valence-electron chi connectivity index (χ2n) is 5.90. The fourth-order valence-corrected chi connectivity index (χ4v) is 3.70. The van der Waals surface area contributed by atoms with E-state index in [1.165, 1.54) is 0 Å². The van der Waals surface area contributed by atoms with Crippen molar-refractivity contribution in [1.82, 2.24) is 0 Å². The summed E-state index contributed by atoms with van der Waals surface area (Å²) in [7, 11) is 0. The zero-order chi connectivity index (χ0) is 13.6. The Bertz CT molecular complexity index is 513. The molecule has 4 nitrogen and oxygen atoms in total. The number of benzene rings is 1. The topological polar surface area (TPSA) is 75.4 Å². The van der Waals surface area contributed by atoms with Crippen LogP contribution in [0.2, 0.25) is 0 Å². The van der Waals surface area contributed by atoms with Gasteiger partial charge in [-0.2, -0.15) is 0 Å². The first-order valence-electron chi connectivity index (χ1n) is 6.93. The Balaban J connectivity index is 1.77. The lowest BCUT2D eigenvalue weighted by molar-refractivity contribution is -0.121. The van der Waals surface area contributed by atoms with Gasteiger partial charge < -0.3 is 16.2 Å². The summed E-state index contributed by atoms with van der Waals surface area (Å²) < 4.78 is 0. The zero-order valence-corrected chi connectivity index (χ0v) is 11.1. The number of fused-ring (bicyclic) bond motifs is 2. The SMILES string of the molecule is Cc1cccc(NC(=O)C2C3CCC(C3)C2N)c1O. The molecule has 1 amide bonds. The van der Waals surface area contributed by atoms with Gasteiger partial charge in [0.05, 0.1) is 11.6 Å². The smallest absolute Gasteiger partial charge is 0.229 e. The Morgan fingerprint density at radius 1 is 1.37 bits per heavy atom. The summed E-state index contributed by atoms with van der Waals surface area (Å²) >= 11 is 0. The molecule has 19 heavy (non-hydrogen) atoms. The van der Waals surface area contributed by atoms with Gasteiger partial charge in [0.2, 0.25) is 5.91 Å². The molecule has 2 saturated carbocycles. The molecule has 2 bridgehead atoms. The summed E-state index contributed by atoms with van der Waals surface area (Å²) in [5, 5.41) is 12.8. The molecule has 0 heterocycles. The van der Waals surface area contributed by atoms with Crippen LogP contribution in [0.15, 0.2) is 18.2 Å². The van der Waals surface area contributed by atoms with E-state index >= 15 is 0 Å². The van der Waals surface area contributed by atoms with Gasteiger partial charge in [0.15, 0.2) is 0 Å². The van der Waals surface area contributed by atoms with Crippen LogP contribution in [-0.4, -0.2) is 17.1 Å². The number of hydrogen-bond acceptors (Lipinski definition) is 3. The van der Waals surface area contributed by atoms with Crippen LogP contribution in [0.1, 0.15) is 24.8 Å². The standard InChI is InChI=1S/C15H20N2O2/c1-8-3-2-4-11(14(8)18)17-15(19)12-9-5-6-10(7-9)13(12)16/h2-4,9-10,12-13,18H,5-7,16H2,1H3,(H,17,19). The average Bonchev–Trinajstić information content (AvgIpc) is 2.95. The first-order valence-corrected chi connectivity index (χ1v) is 6.93. The minimum atomic E-state index is -0.0985. The first-order chi connectivity index (χ1) is 9.08. The van der Waals surface area contributed by atoms with Gasteiger partial charge in [-0.05, 0) is 49.7 Å². The number of phenols is 1. The molecule has 102 valence electrons. The molecule has 4 N–H and O–H groups in total. The van der Waals surface area contributed by atoms with E-state index in [2.05, 4.69) is 5.32 Å². The predicted octanol–water partition coefficient (Wildman–Crippen LogP) is 2.01. The minimum Gasteiger partial charge on any atom is -0.505 e. The molecule has 3 rings (SSSR count). The Kier molecular flexibility index (Phi) is 2.97. The van der Waals surface area contributed by atoms with Crippen LogP contribution in [-0.2, 0) is 4.79 Å². The predicted molar refractivity (Wildman–Crippen MR) is 73.8 cm³/mol. The Morgan fingerprint density at radius 3 is 2.79 bits per heavy atom. The first kappa shape index (κ1) is 12.5. The number of anilines is 1. The fraction of sp³-hybridized carbons (Fsp3) is 0.533. The van der Waals surface area contributed by atoms with Gasteiger partial charge in [0, 0.05) is 6.04 Å². The summed E-state index contributed by atoms with van der Waals surface area (Å²) in [4.78, 5) is 12.4. The molecule has 2 fully saturated rings. The summed E-state index contributed by atoms with van der Waals surface area (Å²) in [6.07, 6.45) is 3.35. The highest BCUT2D eigenvalue weighted by atomic mass is 16.3. The van der Waals surface area contributed by atoms with Crippen molar-refractivity contribution in [1.29, 1.82) is 0 Å². The number of carbonyl (C=O) groups excluding carboxylic acids is 1. The van der Waals surface area contributed by atoms with E-state index in [4.69, 9.17) is 5.73 Å². The fourth-order valence-electron chi connectivity index (χ4n) is 3.70. The number of carbonyl (C=O) groups is 1. The monoisotopic (exact) mass is 260 g/mol. The minimum absolute atomic E-state index is 0.0225. The summed E-state index contributed by atoms with van der Waals surface area (Å²) in [6, 6.07) is 5.34. The van der Waals surface area contributed by atoms with E-state index in [9.17, 15) is 9.90 Å². The molecule has 0 radical (unpaired) electrons. The van der Waals surface area contributed by atoms with Crippen LogP contribution in [0.5, 0.6) is 5.75 Å². The highest BCUT2D eigenvalue weighted by molar-refractivity contribution is 5.95. The molecule has 0 saturated heterocycles. The molecular weight excluding hydrogens is 240 g/mol. The van der Waals surface area contributed by atoms with Crippen LogP contribution in [0, 0.1) is 24.7 Å². The Labute approximate surface area is 113 Å². The number of phenolic OH excluding ortho intramolecular Hbond substituents is 1. The number of aryl methyl sites for hydroxylation is 1. The average molecular weight is 260 g/mol. The zero-order valence-electron chi connectivity index (χ0n) is 11.1. The number of nitrogens with two attached hydrogens (primary N) is 1. The van der Waals surface area contributed by atoms with Gasteiger partial charge in [-0.25, -0.2) is 0 Å². The molecule has 0 aromatic heterocycles. The van der Waals surface area contributed by atoms with Gasteiger partial charge in [-0.15, -0.1) is 0 Å². The van der Waals surface area contributed by atoms with Crippen molar-refractivity contribution in [3.05, 3.63) is 23.8 Å². The van der Waals surface area contributed by atoms with E-state index in [0.29, 0.717) is 17.5 Å². The second kappa shape index (κ2) is 4.53.